The zero-order valence-corrected chi connectivity index (χ0v) is 18.2. The Morgan fingerprint density at radius 2 is 1.71 bits per heavy atom. The molecule has 1 heterocycles. The van der Waals surface area contributed by atoms with Crippen molar-refractivity contribution in [3.8, 4) is 28.6 Å². The molecule has 0 spiro atoms. The minimum Gasteiger partial charge on any atom is -0.493 e. The van der Waals surface area contributed by atoms with E-state index < -0.39 is 0 Å². The number of carbonyl (C=O) groups is 1. The number of ether oxygens (including phenoxy) is 2. The van der Waals surface area contributed by atoms with Crippen LogP contribution in [0.25, 0.3) is 11.3 Å². The minimum atomic E-state index is -0.209. The highest BCUT2D eigenvalue weighted by Gasteiger charge is 2.11. The zero-order chi connectivity index (χ0) is 21.6. The maximum absolute atomic E-state index is 12.7. The quantitative estimate of drug-likeness (QED) is 0.372. The molecule has 4 aromatic rings. The molecule has 1 amide bonds. The molecule has 7 heteroatoms. The predicted octanol–water partition coefficient (Wildman–Crippen LogP) is 5.96. The van der Waals surface area contributed by atoms with Crippen LogP contribution in [-0.4, -0.2) is 23.0 Å². The summed E-state index contributed by atoms with van der Waals surface area (Å²) < 4.78 is 12.1. The van der Waals surface area contributed by atoms with Crippen molar-refractivity contribution in [1.82, 2.24) is 9.97 Å². The molecular formula is C24H18BrN3O3. The summed E-state index contributed by atoms with van der Waals surface area (Å²) in [5.74, 6) is 1.32. The third kappa shape index (κ3) is 5.07. The van der Waals surface area contributed by atoms with Crippen LogP contribution in [0.3, 0.4) is 0 Å². The van der Waals surface area contributed by atoms with Gasteiger partial charge in [-0.25, -0.2) is 9.97 Å². The van der Waals surface area contributed by atoms with E-state index in [4.69, 9.17) is 9.47 Å². The number of aromatic nitrogens is 2. The molecule has 0 fully saturated rings. The van der Waals surface area contributed by atoms with Crippen molar-refractivity contribution in [2.45, 2.75) is 0 Å². The van der Waals surface area contributed by atoms with Gasteiger partial charge in [0.15, 0.2) is 11.5 Å². The molecule has 0 saturated carbocycles. The Balaban J connectivity index is 1.56. The highest BCUT2D eigenvalue weighted by Crippen LogP contribution is 2.31. The van der Waals surface area contributed by atoms with Crippen molar-refractivity contribution >= 4 is 27.5 Å². The maximum Gasteiger partial charge on any atom is 0.255 e. The Labute approximate surface area is 188 Å². The monoisotopic (exact) mass is 475 g/mol. The van der Waals surface area contributed by atoms with E-state index in [-0.39, 0.29) is 5.91 Å². The summed E-state index contributed by atoms with van der Waals surface area (Å²) in [7, 11) is 1.58. The van der Waals surface area contributed by atoms with Crippen LogP contribution < -0.4 is 14.8 Å². The van der Waals surface area contributed by atoms with E-state index >= 15 is 0 Å². The molecule has 3 aromatic carbocycles. The fraction of sp³-hybridized carbons (Fsp3) is 0.0417. The number of amides is 1. The number of nitrogens with one attached hydrogen (secondary N) is 1. The molecule has 1 N–H and O–H groups in total. The molecule has 31 heavy (non-hydrogen) atoms. The average molecular weight is 476 g/mol. The smallest absolute Gasteiger partial charge is 0.255 e. The Bertz CT molecular complexity index is 1230. The molecular weight excluding hydrogens is 458 g/mol. The lowest BCUT2D eigenvalue weighted by Gasteiger charge is -2.10. The van der Waals surface area contributed by atoms with E-state index in [0.29, 0.717) is 34.3 Å². The van der Waals surface area contributed by atoms with E-state index in [2.05, 4.69) is 31.2 Å². The van der Waals surface area contributed by atoms with Gasteiger partial charge in [0.25, 0.3) is 5.91 Å². The number of anilines is 1. The first-order valence-electron chi connectivity index (χ1n) is 9.42. The van der Waals surface area contributed by atoms with Gasteiger partial charge in [-0.3, -0.25) is 4.79 Å². The number of carbonyl (C=O) groups excluding carboxylic acids is 1. The molecule has 0 radical (unpaired) electrons. The fourth-order valence-electron chi connectivity index (χ4n) is 2.96. The largest absolute Gasteiger partial charge is 0.493 e. The number of nitrogens with zero attached hydrogens (tertiary/aromatic N) is 2. The van der Waals surface area contributed by atoms with Crippen molar-refractivity contribution < 1.29 is 14.3 Å². The summed E-state index contributed by atoms with van der Waals surface area (Å²) in [6.45, 7) is 0. The normalized spacial score (nSPS) is 10.4. The van der Waals surface area contributed by atoms with Crippen LogP contribution in [0.1, 0.15) is 10.4 Å². The van der Waals surface area contributed by atoms with E-state index in [1.54, 1.807) is 31.4 Å². The van der Waals surface area contributed by atoms with Crippen LogP contribution in [0, 0.1) is 0 Å². The molecule has 0 aliphatic carbocycles. The van der Waals surface area contributed by atoms with Gasteiger partial charge >= 0.3 is 0 Å². The zero-order valence-electron chi connectivity index (χ0n) is 16.6. The third-order valence-electron chi connectivity index (χ3n) is 4.43. The molecule has 0 bridgehead atoms. The van der Waals surface area contributed by atoms with Gasteiger partial charge in [-0.05, 0) is 42.5 Å². The molecule has 1 aromatic heterocycles. The maximum atomic E-state index is 12.7. The Hall–Kier alpha value is -3.71. The van der Waals surface area contributed by atoms with Gasteiger partial charge in [0.1, 0.15) is 6.33 Å². The summed E-state index contributed by atoms with van der Waals surface area (Å²) in [6, 6.07) is 23.7. The molecule has 154 valence electrons. The second kappa shape index (κ2) is 9.40. The number of para-hydroxylation sites is 2. The van der Waals surface area contributed by atoms with Gasteiger partial charge in [-0.15, -0.1) is 0 Å². The highest BCUT2D eigenvalue weighted by atomic mass is 79.9. The van der Waals surface area contributed by atoms with Crippen LogP contribution in [0.15, 0.2) is 89.7 Å². The Morgan fingerprint density at radius 1 is 0.903 bits per heavy atom. The topological polar surface area (TPSA) is 73.3 Å². The van der Waals surface area contributed by atoms with Crippen LogP contribution in [-0.2, 0) is 0 Å². The number of rotatable bonds is 6. The van der Waals surface area contributed by atoms with Crippen molar-refractivity contribution in [3.05, 3.63) is 95.2 Å². The van der Waals surface area contributed by atoms with Gasteiger partial charge in [0.05, 0.1) is 12.8 Å². The lowest BCUT2D eigenvalue weighted by Crippen LogP contribution is -2.11. The van der Waals surface area contributed by atoms with Gasteiger partial charge in [-0.1, -0.05) is 46.3 Å². The molecule has 0 aliphatic rings. The summed E-state index contributed by atoms with van der Waals surface area (Å²) >= 11 is 3.40. The van der Waals surface area contributed by atoms with Crippen LogP contribution in [0.5, 0.6) is 17.4 Å². The highest BCUT2D eigenvalue weighted by molar-refractivity contribution is 9.10. The molecule has 4 rings (SSSR count). The van der Waals surface area contributed by atoms with E-state index in [0.717, 1.165) is 10.0 Å². The average Bonchev–Trinajstić information content (AvgIpc) is 2.80. The van der Waals surface area contributed by atoms with Gasteiger partial charge < -0.3 is 14.8 Å². The second-order valence-corrected chi connectivity index (χ2v) is 7.46. The summed E-state index contributed by atoms with van der Waals surface area (Å²) in [4.78, 5) is 21.2. The molecule has 0 saturated heterocycles. The van der Waals surface area contributed by atoms with Gasteiger partial charge in [-0.2, -0.15) is 0 Å². The predicted molar refractivity (Wildman–Crippen MR) is 123 cm³/mol. The van der Waals surface area contributed by atoms with Crippen molar-refractivity contribution in [3.63, 3.8) is 0 Å². The van der Waals surface area contributed by atoms with Crippen LogP contribution in [0.2, 0.25) is 0 Å². The van der Waals surface area contributed by atoms with Crippen molar-refractivity contribution in [2.75, 3.05) is 12.4 Å². The van der Waals surface area contributed by atoms with Crippen LogP contribution >= 0.6 is 15.9 Å². The summed E-state index contributed by atoms with van der Waals surface area (Å²) in [6.07, 6.45) is 1.42. The SMILES string of the molecule is COc1ccccc1Oc1cc(-c2cccc(C(=O)Nc3cccc(Br)c3)c2)ncn1. The molecule has 0 atom stereocenters. The number of benzene rings is 3. The lowest BCUT2D eigenvalue weighted by molar-refractivity contribution is 0.102. The van der Waals surface area contributed by atoms with E-state index in [9.17, 15) is 4.79 Å². The summed E-state index contributed by atoms with van der Waals surface area (Å²) in [5, 5.41) is 2.89. The molecule has 6 nitrogen and oxygen atoms in total. The molecule has 0 unspecified atom stereocenters. The first-order valence-corrected chi connectivity index (χ1v) is 10.2. The Kier molecular flexibility index (Phi) is 6.24. The third-order valence-corrected chi connectivity index (χ3v) is 4.92. The fourth-order valence-corrected chi connectivity index (χ4v) is 3.36. The molecule has 0 aliphatic heterocycles. The summed E-state index contributed by atoms with van der Waals surface area (Å²) in [5.41, 5.74) is 2.63. The van der Waals surface area contributed by atoms with Crippen molar-refractivity contribution in [2.24, 2.45) is 0 Å². The van der Waals surface area contributed by atoms with E-state index in [1.807, 2.05) is 54.6 Å². The number of hydrogen-bond donors (Lipinski definition) is 1. The first kappa shape index (κ1) is 20.6. The number of methoxy groups -OCH3 is 1. The number of hydrogen-bond acceptors (Lipinski definition) is 5. The lowest BCUT2D eigenvalue weighted by atomic mass is 10.1. The second-order valence-electron chi connectivity index (χ2n) is 6.54. The van der Waals surface area contributed by atoms with Crippen molar-refractivity contribution in [1.29, 1.82) is 0 Å². The van der Waals surface area contributed by atoms with Crippen LogP contribution in [0.4, 0.5) is 5.69 Å². The van der Waals surface area contributed by atoms with E-state index in [1.165, 1.54) is 6.33 Å². The number of halogens is 1. The van der Waals surface area contributed by atoms with Gasteiger partial charge in [0, 0.05) is 27.4 Å². The first-order chi connectivity index (χ1) is 15.1. The van der Waals surface area contributed by atoms with Gasteiger partial charge in [0.2, 0.25) is 5.88 Å². The standard InChI is InChI=1S/C24H18BrN3O3/c1-30-21-10-2-3-11-22(21)31-23-14-20(26-15-27-23)16-6-4-7-17(12-16)24(29)28-19-9-5-8-18(25)13-19/h2-15H,1H3,(H,28,29). The Morgan fingerprint density at radius 3 is 2.52 bits per heavy atom. The minimum absolute atomic E-state index is 0.209.